The van der Waals surface area contributed by atoms with Crippen LogP contribution in [-0.4, -0.2) is 5.75 Å². The van der Waals surface area contributed by atoms with Crippen molar-refractivity contribution in [3.63, 3.8) is 0 Å². The lowest BCUT2D eigenvalue weighted by atomic mass is 10.2. The minimum atomic E-state index is -0.585. The lowest BCUT2D eigenvalue weighted by Crippen LogP contribution is -1.89. The molecule has 0 nitrogen and oxygen atoms in total. The Bertz CT molecular complexity index is 337. The molecule has 0 aliphatic rings. The predicted octanol–water partition coefficient (Wildman–Crippen LogP) is 3.67. The third-order valence-electron chi connectivity index (χ3n) is 1.47. The summed E-state index contributed by atoms with van der Waals surface area (Å²) in [5, 5.41) is 0. The summed E-state index contributed by atoms with van der Waals surface area (Å²) in [6, 6.07) is 2.55. The number of hydrogen-bond acceptors (Lipinski definition) is 1. The average molecular weight is 265 g/mol. The van der Waals surface area contributed by atoms with Crippen LogP contribution in [0.3, 0.4) is 0 Å². The highest BCUT2D eigenvalue weighted by Crippen LogP contribution is 2.22. The van der Waals surface area contributed by atoms with Crippen molar-refractivity contribution in [2.75, 3.05) is 5.75 Å². The van der Waals surface area contributed by atoms with Crippen LogP contribution in [0.4, 0.5) is 8.78 Å². The zero-order valence-electron chi connectivity index (χ0n) is 6.60. The summed E-state index contributed by atoms with van der Waals surface area (Å²) in [4.78, 5) is 0. The van der Waals surface area contributed by atoms with Crippen LogP contribution in [0.1, 0.15) is 5.56 Å². The topological polar surface area (TPSA) is 0 Å². The van der Waals surface area contributed by atoms with Crippen LogP contribution >= 0.6 is 28.6 Å². The number of hydrogen-bond donors (Lipinski definition) is 1. The molecule has 0 spiro atoms. The summed E-state index contributed by atoms with van der Waals surface area (Å²) in [6.45, 7) is 0. The van der Waals surface area contributed by atoms with E-state index in [1.54, 1.807) is 6.08 Å². The van der Waals surface area contributed by atoms with Crippen molar-refractivity contribution < 1.29 is 8.78 Å². The summed E-state index contributed by atoms with van der Waals surface area (Å²) >= 11 is 6.88. The Labute approximate surface area is 89.2 Å². The fourth-order valence-corrected chi connectivity index (χ4v) is 1.32. The lowest BCUT2D eigenvalue weighted by molar-refractivity contribution is 0.574. The van der Waals surface area contributed by atoms with Gasteiger partial charge < -0.3 is 0 Å². The summed E-state index contributed by atoms with van der Waals surface area (Å²) < 4.78 is 26.5. The summed E-state index contributed by atoms with van der Waals surface area (Å²) in [5.41, 5.74) is -0.0385. The Morgan fingerprint density at radius 2 is 2.08 bits per heavy atom. The van der Waals surface area contributed by atoms with Crippen LogP contribution in [0.25, 0.3) is 6.08 Å². The minimum Gasteiger partial charge on any atom is -0.206 e. The van der Waals surface area contributed by atoms with Crippen molar-refractivity contribution >= 4 is 34.6 Å². The zero-order valence-corrected chi connectivity index (χ0v) is 9.08. The third kappa shape index (κ3) is 2.54. The first-order valence-electron chi connectivity index (χ1n) is 3.57. The Kier molecular flexibility index (Phi) is 3.93. The summed E-state index contributed by atoms with van der Waals surface area (Å²) in [7, 11) is 0. The first-order valence-corrected chi connectivity index (χ1v) is 5.00. The molecule has 0 aromatic heterocycles. The maximum Gasteiger partial charge on any atom is 0.147 e. The molecule has 0 aliphatic carbocycles. The van der Waals surface area contributed by atoms with Gasteiger partial charge in [-0.1, -0.05) is 12.2 Å². The molecule has 0 saturated carbocycles. The normalized spacial score (nSPS) is 11.1. The van der Waals surface area contributed by atoms with Gasteiger partial charge in [0.2, 0.25) is 0 Å². The number of rotatable bonds is 2. The molecule has 0 heterocycles. The highest BCUT2D eigenvalue weighted by atomic mass is 79.9. The van der Waals surface area contributed by atoms with Crippen molar-refractivity contribution in [2.24, 2.45) is 0 Å². The van der Waals surface area contributed by atoms with Crippen LogP contribution in [-0.2, 0) is 0 Å². The molecule has 0 bridgehead atoms. The Balaban J connectivity index is 3.17. The van der Waals surface area contributed by atoms with E-state index in [0.717, 1.165) is 0 Å². The Morgan fingerprint density at radius 3 is 2.69 bits per heavy atom. The van der Waals surface area contributed by atoms with Gasteiger partial charge in [-0.05, 0) is 28.1 Å². The first kappa shape index (κ1) is 10.7. The molecule has 0 amide bonds. The quantitative estimate of drug-likeness (QED) is 0.612. The van der Waals surface area contributed by atoms with E-state index in [4.69, 9.17) is 0 Å². The van der Waals surface area contributed by atoms with Crippen LogP contribution in [0.15, 0.2) is 22.7 Å². The smallest absolute Gasteiger partial charge is 0.147 e. The number of halogens is 3. The van der Waals surface area contributed by atoms with E-state index >= 15 is 0 Å². The summed E-state index contributed by atoms with van der Waals surface area (Å²) in [6.07, 6.45) is 2.96. The standard InChI is InChI=1S/C9H7BrF2S/c10-7-3-4-8(11)6(9(7)12)2-1-5-13/h1-4,13H,5H2. The molecule has 13 heavy (non-hydrogen) atoms. The zero-order chi connectivity index (χ0) is 9.84. The largest absolute Gasteiger partial charge is 0.206 e. The molecule has 0 fully saturated rings. The molecule has 1 aromatic carbocycles. The number of thiol groups is 1. The van der Waals surface area contributed by atoms with Crippen molar-refractivity contribution in [3.8, 4) is 0 Å². The number of benzene rings is 1. The van der Waals surface area contributed by atoms with Gasteiger partial charge in [0.1, 0.15) is 11.6 Å². The Hall–Kier alpha value is -0.350. The molecule has 1 rings (SSSR count). The fraction of sp³-hybridized carbons (Fsp3) is 0.111. The first-order chi connectivity index (χ1) is 6.16. The molecule has 0 N–H and O–H groups in total. The van der Waals surface area contributed by atoms with Crippen molar-refractivity contribution in [2.45, 2.75) is 0 Å². The second-order valence-electron chi connectivity index (χ2n) is 2.34. The van der Waals surface area contributed by atoms with Crippen LogP contribution in [0, 0.1) is 11.6 Å². The second-order valence-corrected chi connectivity index (χ2v) is 3.56. The molecule has 0 saturated heterocycles. The third-order valence-corrected chi connectivity index (χ3v) is 2.29. The van der Waals surface area contributed by atoms with Gasteiger partial charge in [-0.2, -0.15) is 12.6 Å². The van der Waals surface area contributed by atoms with Gasteiger partial charge in [0.15, 0.2) is 0 Å². The highest BCUT2D eigenvalue weighted by molar-refractivity contribution is 9.10. The molecule has 0 radical (unpaired) electrons. The molecule has 0 unspecified atom stereocenters. The predicted molar refractivity (Wildman–Crippen MR) is 56.9 cm³/mol. The van der Waals surface area contributed by atoms with Crippen molar-refractivity contribution in [1.29, 1.82) is 0 Å². The van der Waals surface area contributed by atoms with E-state index in [2.05, 4.69) is 28.6 Å². The molecular formula is C9H7BrF2S. The van der Waals surface area contributed by atoms with Gasteiger partial charge in [-0.3, -0.25) is 0 Å². The van der Waals surface area contributed by atoms with Crippen LogP contribution in [0.2, 0.25) is 0 Å². The van der Waals surface area contributed by atoms with E-state index in [1.165, 1.54) is 18.2 Å². The van der Waals surface area contributed by atoms with Crippen molar-refractivity contribution in [3.05, 3.63) is 39.9 Å². The molecule has 70 valence electrons. The Morgan fingerprint density at radius 1 is 1.38 bits per heavy atom. The molecule has 0 aliphatic heterocycles. The molecule has 4 heteroatoms. The average Bonchev–Trinajstić information content (AvgIpc) is 2.12. The van der Waals surface area contributed by atoms with Gasteiger partial charge in [-0.25, -0.2) is 8.78 Å². The van der Waals surface area contributed by atoms with E-state index in [-0.39, 0.29) is 10.0 Å². The maximum absolute atomic E-state index is 13.2. The lowest BCUT2D eigenvalue weighted by Gasteiger charge is -2.00. The minimum absolute atomic E-state index is 0.0385. The summed E-state index contributed by atoms with van der Waals surface area (Å²) in [5.74, 6) is -0.706. The van der Waals surface area contributed by atoms with Gasteiger partial charge in [0.05, 0.1) is 4.47 Å². The van der Waals surface area contributed by atoms with Crippen LogP contribution in [0.5, 0.6) is 0 Å². The van der Waals surface area contributed by atoms with E-state index in [9.17, 15) is 8.78 Å². The monoisotopic (exact) mass is 264 g/mol. The SMILES string of the molecule is Fc1ccc(Br)c(F)c1C=CCS. The molecule has 1 aromatic rings. The fourth-order valence-electron chi connectivity index (χ4n) is 0.866. The molecule has 0 atom stereocenters. The van der Waals surface area contributed by atoms with E-state index in [1.807, 2.05) is 0 Å². The maximum atomic E-state index is 13.2. The second kappa shape index (κ2) is 4.77. The van der Waals surface area contributed by atoms with E-state index < -0.39 is 11.6 Å². The van der Waals surface area contributed by atoms with Gasteiger partial charge in [-0.15, -0.1) is 0 Å². The van der Waals surface area contributed by atoms with Gasteiger partial charge in [0.25, 0.3) is 0 Å². The van der Waals surface area contributed by atoms with Crippen LogP contribution < -0.4 is 0 Å². The van der Waals surface area contributed by atoms with E-state index in [0.29, 0.717) is 5.75 Å². The van der Waals surface area contributed by atoms with Gasteiger partial charge in [0, 0.05) is 11.3 Å². The highest BCUT2D eigenvalue weighted by Gasteiger charge is 2.08. The molecular weight excluding hydrogens is 258 g/mol. The van der Waals surface area contributed by atoms with Crippen molar-refractivity contribution in [1.82, 2.24) is 0 Å². The van der Waals surface area contributed by atoms with Gasteiger partial charge >= 0.3 is 0 Å².